The van der Waals surface area contributed by atoms with Crippen LogP contribution in [-0.2, 0) is 6.42 Å². The van der Waals surface area contributed by atoms with Crippen molar-refractivity contribution in [1.82, 2.24) is 0 Å². The van der Waals surface area contributed by atoms with Crippen LogP contribution in [-0.4, -0.2) is 0 Å². The molecule has 0 N–H and O–H groups in total. The molecule has 1 heteroatoms. The Labute approximate surface area is 157 Å². The average molecular weight is 341 g/mol. The molecule has 0 amide bonds. The van der Waals surface area contributed by atoms with Crippen LogP contribution in [0.2, 0.25) is 0 Å². The summed E-state index contributed by atoms with van der Waals surface area (Å²) in [6.45, 7) is 4.64. The predicted octanol–water partition coefficient (Wildman–Crippen LogP) is 6.71. The third kappa shape index (κ3) is 3.97. The van der Waals surface area contributed by atoms with E-state index in [0.717, 1.165) is 23.1 Å². The topological polar surface area (TPSA) is 23.8 Å². The van der Waals surface area contributed by atoms with E-state index in [0.29, 0.717) is 5.92 Å². The molecule has 132 valence electrons. The van der Waals surface area contributed by atoms with Gasteiger partial charge in [0.2, 0.25) is 0 Å². The number of nitriles is 1. The summed E-state index contributed by atoms with van der Waals surface area (Å²) in [7, 11) is 0. The molecule has 0 aromatic heterocycles. The van der Waals surface area contributed by atoms with Crippen LogP contribution in [0.3, 0.4) is 0 Å². The van der Waals surface area contributed by atoms with Crippen molar-refractivity contribution < 1.29 is 0 Å². The number of unbranched alkanes of at least 4 members (excludes halogenated alkanes) is 1. The van der Waals surface area contributed by atoms with Crippen LogP contribution in [0.4, 0.5) is 0 Å². The smallest absolute Gasteiger partial charge is 0.0998 e. The highest BCUT2D eigenvalue weighted by Gasteiger charge is 2.31. The van der Waals surface area contributed by atoms with Crippen molar-refractivity contribution in [2.45, 2.75) is 39.5 Å². The number of allylic oxidation sites excluding steroid dienone is 4. The molecule has 2 aromatic rings. The lowest BCUT2D eigenvalue weighted by Crippen LogP contribution is -2.28. The van der Waals surface area contributed by atoms with Crippen LogP contribution in [0.1, 0.15) is 44.2 Å². The first-order valence-corrected chi connectivity index (χ1v) is 9.61. The first-order valence-electron chi connectivity index (χ1n) is 9.61. The molecule has 2 aromatic carbocycles. The summed E-state index contributed by atoms with van der Waals surface area (Å²) in [5.74, 6) is 0.603. The van der Waals surface area contributed by atoms with Gasteiger partial charge in [0.1, 0.15) is 0 Å². The zero-order valence-corrected chi connectivity index (χ0v) is 15.8. The number of hydrogen-bond donors (Lipinski definition) is 0. The van der Waals surface area contributed by atoms with Crippen LogP contribution in [0.15, 0.2) is 72.8 Å². The number of hydrogen-bond acceptors (Lipinski definition) is 1. The SMILES string of the molecule is CCCCC1C=CC=CC1(C)Cc1ccc(-c2ccccc2C#N)cc1. The van der Waals surface area contributed by atoms with E-state index >= 15 is 0 Å². The van der Waals surface area contributed by atoms with E-state index in [1.807, 2.05) is 24.3 Å². The van der Waals surface area contributed by atoms with E-state index in [2.05, 4.69) is 68.5 Å². The largest absolute Gasteiger partial charge is 0.192 e. The third-order valence-corrected chi connectivity index (χ3v) is 5.54. The molecule has 2 atom stereocenters. The van der Waals surface area contributed by atoms with Gasteiger partial charge in [-0.2, -0.15) is 5.26 Å². The van der Waals surface area contributed by atoms with Gasteiger partial charge in [-0.25, -0.2) is 0 Å². The molecule has 26 heavy (non-hydrogen) atoms. The fraction of sp³-hybridized carbons (Fsp3) is 0.320. The first-order chi connectivity index (χ1) is 12.7. The van der Waals surface area contributed by atoms with Gasteiger partial charge in [0, 0.05) is 0 Å². The Bertz CT molecular complexity index is 835. The van der Waals surface area contributed by atoms with E-state index in [9.17, 15) is 5.26 Å². The lowest BCUT2D eigenvalue weighted by Gasteiger charge is -2.36. The molecule has 0 saturated carbocycles. The molecule has 3 rings (SSSR count). The van der Waals surface area contributed by atoms with Crippen molar-refractivity contribution in [3.05, 3.63) is 84.0 Å². The summed E-state index contributed by atoms with van der Waals surface area (Å²) in [5, 5.41) is 9.32. The highest BCUT2D eigenvalue weighted by molar-refractivity contribution is 5.70. The zero-order chi connectivity index (χ0) is 18.4. The maximum atomic E-state index is 9.32. The van der Waals surface area contributed by atoms with E-state index < -0.39 is 0 Å². The quantitative estimate of drug-likeness (QED) is 0.573. The van der Waals surface area contributed by atoms with Crippen LogP contribution in [0, 0.1) is 22.7 Å². The minimum absolute atomic E-state index is 0.177. The van der Waals surface area contributed by atoms with Crippen molar-refractivity contribution in [2.24, 2.45) is 11.3 Å². The van der Waals surface area contributed by atoms with E-state index in [4.69, 9.17) is 0 Å². The molecule has 1 aliphatic carbocycles. The van der Waals surface area contributed by atoms with E-state index in [-0.39, 0.29) is 5.41 Å². The van der Waals surface area contributed by atoms with Gasteiger partial charge >= 0.3 is 0 Å². The van der Waals surface area contributed by atoms with Crippen LogP contribution in [0.25, 0.3) is 11.1 Å². The Hall–Kier alpha value is -2.59. The molecule has 0 spiro atoms. The molecule has 0 bridgehead atoms. The number of nitrogens with zero attached hydrogens (tertiary/aromatic N) is 1. The van der Waals surface area contributed by atoms with Crippen LogP contribution < -0.4 is 0 Å². The monoisotopic (exact) mass is 341 g/mol. The molecular formula is C25H27N. The fourth-order valence-electron chi connectivity index (χ4n) is 3.93. The molecule has 0 aliphatic heterocycles. The molecule has 0 fully saturated rings. The third-order valence-electron chi connectivity index (χ3n) is 5.54. The highest BCUT2D eigenvalue weighted by Crippen LogP contribution is 2.39. The van der Waals surface area contributed by atoms with Gasteiger partial charge in [0.25, 0.3) is 0 Å². The Morgan fingerprint density at radius 2 is 1.81 bits per heavy atom. The Morgan fingerprint density at radius 3 is 2.54 bits per heavy atom. The van der Waals surface area contributed by atoms with Gasteiger partial charge in [-0.1, -0.05) is 93.5 Å². The fourth-order valence-corrected chi connectivity index (χ4v) is 3.93. The maximum Gasteiger partial charge on any atom is 0.0998 e. The maximum absolute atomic E-state index is 9.32. The summed E-state index contributed by atoms with van der Waals surface area (Å²) >= 11 is 0. The average Bonchev–Trinajstić information content (AvgIpc) is 2.68. The molecule has 0 heterocycles. The Morgan fingerprint density at radius 1 is 1.04 bits per heavy atom. The van der Waals surface area contributed by atoms with Gasteiger partial charge in [-0.15, -0.1) is 0 Å². The van der Waals surface area contributed by atoms with Crippen molar-refractivity contribution in [1.29, 1.82) is 5.26 Å². The lowest BCUT2D eigenvalue weighted by atomic mass is 9.69. The Balaban J connectivity index is 1.79. The summed E-state index contributed by atoms with van der Waals surface area (Å²) < 4.78 is 0. The van der Waals surface area contributed by atoms with Gasteiger partial charge in [-0.05, 0) is 46.9 Å². The molecule has 1 nitrogen and oxygen atoms in total. The van der Waals surface area contributed by atoms with Gasteiger partial charge in [-0.3, -0.25) is 0 Å². The van der Waals surface area contributed by atoms with Gasteiger partial charge < -0.3 is 0 Å². The van der Waals surface area contributed by atoms with E-state index in [1.54, 1.807) is 0 Å². The van der Waals surface area contributed by atoms with Crippen molar-refractivity contribution in [3.8, 4) is 17.2 Å². The van der Waals surface area contributed by atoms with Crippen molar-refractivity contribution in [2.75, 3.05) is 0 Å². The standard InChI is InChI=1S/C25H27N/c1-3-4-10-23-11-7-8-17-25(23,2)18-20-13-15-21(16-14-20)24-12-6-5-9-22(24)19-26/h5-9,11-17,23H,3-4,10,18H2,1-2H3. The normalized spacial score (nSPS) is 21.5. The number of benzene rings is 2. The second-order valence-electron chi connectivity index (χ2n) is 7.53. The summed E-state index contributed by atoms with van der Waals surface area (Å²) in [6, 6.07) is 18.8. The van der Waals surface area contributed by atoms with Gasteiger partial charge in [0.05, 0.1) is 11.6 Å². The Kier molecular flexibility index (Phi) is 5.74. The van der Waals surface area contributed by atoms with Crippen LogP contribution >= 0.6 is 0 Å². The molecule has 0 saturated heterocycles. The molecular weight excluding hydrogens is 314 g/mol. The first kappa shape index (κ1) is 18.2. The minimum atomic E-state index is 0.177. The summed E-state index contributed by atoms with van der Waals surface area (Å²) in [6.07, 6.45) is 14.0. The van der Waals surface area contributed by atoms with Crippen molar-refractivity contribution in [3.63, 3.8) is 0 Å². The predicted molar refractivity (Wildman–Crippen MR) is 110 cm³/mol. The molecule has 0 radical (unpaired) electrons. The summed E-state index contributed by atoms with van der Waals surface area (Å²) in [4.78, 5) is 0. The second kappa shape index (κ2) is 8.19. The van der Waals surface area contributed by atoms with Gasteiger partial charge in [0.15, 0.2) is 0 Å². The molecule has 2 unspecified atom stereocenters. The van der Waals surface area contributed by atoms with E-state index in [1.165, 1.54) is 24.8 Å². The summed E-state index contributed by atoms with van der Waals surface area (Å²) in [5.41, 5.74) is 4.38. The minimum Gasteiger partial charge on any atom is -0.192 e. The van der Waals surface area contributed by atoms with Crippen molar-refractivity contribution >= 4 is 0 Å². The zero-order valence-electron chi connectivity index (χ0n) is 15.8. The highest BCUT2D eigenvalue weighted by atomic mass is 14.3. The second-order valence-corrected chi connectivity index (χ2v) is 7.53. The number of rotatable bonds is 6. The molecule has 1 aliphatic rings. The van der Waals surface area contributed by atoms with Crippen LogP contribution in [0.5, 0.6) is 0 Å². The lowest BCUT2D eigenvalue weighted by molar-refractivity contribution is 0.281.